The van der Waals surface area contributed by atoms with Gasteiger partial charge in [-0.25, -0.2) is 9.97 Å². The Kier molecular flexibility index (Phi) is 3.86. The molecule has 2 atom stereocenters. The van der Waals surface area contributed by atoms with Crippen molar-refractivity contribution in [3.8, 4) is 0 Å². The molecule has 0 saturated carbocycles. The molecular weight excluding hydrogens is 286 g/mol. The van der Waals surface area contributed by atoms with Gasteiger partial charge in [0.2, 0.25) is 0 Å². The van der Waals surface area contributed by atoms with Gasteiger partial charge in [-0.15, -0.1) is 11.3 Å². The molecule has 0 aromatic carbocycles. The number of fused-ring (bicyclic) bond motifs is 1. The van der Waals surface area contributed by atoms with Gasteiger partial charge in [-0.3, -0.25) is 0 Å². The SMILES string of the molecule is Cc1sc2ncnc(N3C[C@H](OC(C)C)[C@@H](O)C3)c2c1C. The van der Waals surface area contributed by atoms with E-state index in [1.807, 2.05) is 13.8 Å². The molecule has 21 heavy (non-hydrogen) atoms. The Labute approximate surface area is 128 Å². The first-order valence-corrected chi connectivity index (χ1v) is 8.08. The molecule has 3 heterocycles. The van der Waals surface area contributed by atoms with Crippen LogP contribution in [0.5, 0.6) is 0 Å². The number of nitrogens with zero attached hydrogens (tertiary/aromatic N) is 3. The third kappa shape index (κ3) is 2.63. The molecule has 1 N–H and O–H groups in total. The second kappa shape index (κ2) is 5.51. The molecular formula is C15H21N3O2S. The average molecular weight is 307 g/mol. The zero-order valence-corrected chi connectivity index (χ0v) is 13.6. The number of aromatic nitrogens is 2. The lowest BCUT2D eigenvalue weighted by Gasteiger charge is -2.19. The van der Waals surface area contributed by atoms with Crippen LogP contribution in [0.15, 0.2) is 6.33 Å². The van der Waals surface area contributed by atoms with E-state index in [0.717, 1.165) is 16.0 Å². The van der Waals surface area contributed by atoms with Crippen LogP contribution in [0, 0.1) is 13.8 Å². The Morgan fingerprint density at radius 3 is 2.81 bits per heavy atom. The quantitative estimate of drug-likeness (QED) is 0.943. The monoisotopic (exact) mass is 307 g/mol. The topological polar surface area (TPSA) is 58.5 Å². The van der Waals surface area contributed by atoms with Crippen LogP contribution in [0.3, 0.4) is 0 Å². The second-order valence-corrected chi connectivity index (χ2v) is 7.06. The third-order valence-corrected chi connectivity index (χ3v) is 5.04. The maximum Gasteiger partial charge on any atom is 0.141 e. The number of ether oxygens (including phenoxy) is 1. The highest BCUT2D eigenvalue weighted by Crippen LogP contribution is 2.35. The highest BCUT2D eigenvalue weighted by Gasteiger charge is 2.34. The maximum absolute atomic E-state index is 10.2. The molecule has 1 aliphatic heterocycles. The van der Waals surface area contributed by atoms with Gasteiger partial charge in [0.05, 0.1) is 17.6 Å². The van der Waals surface area contributed by atoms with E-state index in [9.17, 15) is 5.11 Å². The number of hydrogen-bond donors (Lipinski definition) is 1. The van der Waals surface area contributed by atoms with Crippen LogP contribution in [0.25, 0.3) is 10.2 Å². The molecule has 0 unspecified atom stereocenters. The Balaban J connectivity index is 1.95. The van der Waals surface area contributed by atoms with E-state index < -0.39 is 6.10 Å². The summed E-state index contributed by atoms with van der Waals surface area (Å²) in [6.07, 6.45) is 1.09. The number of anilines is 1. The normalized spacial score (nSPS) is 22.7. The molecule has 3 rings (SSSR count). The van der Waals surface area contributed by atoms with Crippen molar-refractivity contribution in [3.63, 3.8) is 0 Å². The smallest absolute Gasteiger partial charge is 0.141 e. The minimum atomic E-state index is -0.475. The van der Waals surface area contributed by atoms with E-state index in [-0.39, 0.29) is 12.2 Å². The van der Waals surface area contributed by atoms with Crippen molar-refractivity contribution in [2.75, 3.05) is 18.0 Å². The fourth-order valence-corrected chi connectivity index (χ4v) is 3.81. The van der Waals surface area contributed by atoms with E-state index in [0.29, 0.717) is 13.1 Å². The van der Waals surface area contributed by atoms with E-state index in [1.54, 1.807) is 17.7 Å². The van der Waals surface area contributed by atoms with Gasteiger partial charge >= 0.3 is 0 Å². The predicted molar refractivity (Wildman–Crippen MR) is 85.1 cm³/mol. The van der Waals surface area contributed by atoms with Crippen molar-refractivity contribution >= 4 is 27.4 Å². The molecule has 1 fully saturated rings. The minimum Gasteiger partial charge on any atom is -0.388 e. The van der Waals surface area contributed by atoms with Gasteiger partial charge in [-0.1, -0.05) is 0 Å². The highest BCUT2D eigenvalue weighted by molar-refractivity contribution is 7.18. The van der Waals surface area contributed by atoms with Crippen LogP contribution in [0.1, 0.15) is 24.3 Å². The molecule has 1 saturated heterocycles. The lowest BCUT2D eigenvalue weighted by atomic mass is 10.2. The Bertz CT molecular complexity index is 656. The number of aliphatic hydroxyl groups excluding tert-OH is 1. The summed E-state index contributed by atoms with van der Waals surface area (Å²) in [7, 11) is 0. The molecule has 6 heteroatoms. The first-order valence-electron chi connectivity index (χ1n) is 7.26. The average Bonchev–Trinajstić information content (AvgIpc) is 2.91. The van der Waals surface area contributed by atoms with E-state index in [4.69, 9.17) is 4.74 Å². The van der Waals surface area contributed by atoms with Crippen LogP contribution < -0.4 is 4.90 Å². The van der Waals surface area contributed by atoms with Gasteiger partial charge in [0.25, 0.3) is 0 Å². The molecule has 0 bridgehead atoms. The van der Waals surface area contributed by atoms with Gasteiger partial charge in [0.1, 0.15) is 23.1 Å². The number of aliphatic hydroxyl groups is 1. The summed E-state index contributed by atoms with van der Waals surface area (Å²) >= 11 is 1.69. The molecule has 2 aromatic heterocycles. The Morgan fingerprint density at radius 2 is 2.10 bits per heavy atom. The van der Waals surface area contributed by atoms with Crippen molar-refractivity contribution in [2.24, 2.45) is 0 Å². The molecule has 0 radical (unpaired) electrons. The van der Waals surface area contributed by atoms with Gasteiger partial charge in [0.15, 0.2) is 0 Å². The summed E-state index contributed by atoms with van der Waals surface area (Å²) in [5.41, 5.74) is 1.23. The molecule has 0 spiro atoms. The summed E-state index contributed by atoms with van der Waals surface area (Å²) in [6.45, 7) is 9.41. The predicted octanol–water partition coefficient (Wildman–Crippen LogP) is 2.28. The van der Waals surface area contributed by atoms with Gasteiger partial charge in [-0.2, -0.15) is 0 Å². The van der Waals surface area contributed by atoms with Gasteiger partial charge < -0.3 is 14.7 Å². The van der Waals surface area contributed by atoms with Crippen molar-refractivity contribution in [2.45, 2.75) is 46.0 Å². The second-order valence-electron chi connectivity index (χ2n) is 5.86. The van der Waals surface area contributed by atoms with Crippen molar-refractivity contribution in [1.29, 1.82) is 0 Å². The van der Waals surface area contributed by atoms with Gasteiger partial charge in [-0.05, 0) is 33.3 Å². The Morgan fingerprint density at radius 1 is 1.33 bits per heavy atom. The molecule has 1 aliphatic rings. The van der Waals surface area contributed by atoms with E-state index in [1.165, 1.54) is 10.4 Å². The van der Waals surface area contributed by atoms with Gasteiger partial charge in [0, 0.05) is 18.0 Å². The summed E-state index contributed by atoms with van der Waals surface area (Å²) in [6, 6.07) is 0. The summed E-state index contributed by atoms with van der Waals surface area (Å²) in [5, 5.41) is 11.3. The summed E-state index contributed by atoms with van der Waals surface area (Å²) in [5.74, 6) is 0.913. The zero-order valence-electron chi connectivity index (χ0n) is 12.8. The van der Waals surface area contributed by atoms with Crippen molar-refractivity contribution < 1.29 is 9.84 Å². The van der Waals surface area contributed by atoms with E-state index in [2.05, 4.69) is 28.7 Å². The number of aryl methyl sites for hydroxylation is 2. The fraction of sp³-hybridized carbons (Fsp3) is 0.600. The van der Waals surface area contributed by atoms with Crippen LogP contribution in [0.4, 0.5) is 5.82 Å². The van der Waals surface area contributed by atoms with Crippen molar-refractivity contribution in [3.05, 3.63) is 16.8 Å². The lowest BCUT2D eigenvalue weighted by molar-refractivity contribution is -0.0386. The molecule has 5 nitrogen and oxygen atoms in total. The zero-order chi connectivity index (χ0) is 15.1. The number of thiophene rings is 1. The summed E-state index contributed by atoms with van der Waals surface area (Å²) in [4.78, 5) is 13.2. The summed E-state index contributed by atoms with van der Waals surface area (Å²) < 4.78 is 5.79. The largest absolute Gasteiger partial charge is 0.388 e. The number of β-amino-alcohol motifs (C(OH)–C–C–N with tert-alkyl or cyclic N) is 1. The lowest BCUT2D eigenvalue weighted by Crippen LogP contribution is -2.29. The molecule has 2 aromatic rings. The molecule has 0 aliphatic carbocycles. The number of rotatable bonds is 3. The first-order chi connectivity index (χ1) is 9.97. The highest BCUT2D eigenvalue weighted by atomic mass is 32.1. The van der Waals surface area contributed by atoms with Crippen LogP contribution in [0.2, 0.25) is 0 Å². The first kappa shape index (κ1) is 14.7. The van der Waals surface area contributed by atoms with Crippen molar-refractivity contribution in [1.82, 2.24) is 9.97 Å². The van der Waals surface area contributed by atoms with Crippen LogP contribution in [-0.2, 0) is 4.74 Å². The molecule has 0 amide bonds. The molecule has 114 valence electrons. The van der Waals surface area contributed by atoms with Crippen LogP contribution in [-0.4, -0.2) is 46.5 Å². The third-order valence-electron chi connectivity index (χ3n) is 3.93. The standard InChI is InChI=1S/C15H21N3O2S/c1-8(2)20-12-6-18(5-11(12)19)14-13-9(3)10(4)21-15(13)17-7-16-14/h7-8,11-12,19H,5-6H2,1-4H3/t11-,12-/m0/s1. The minimum absolute atomic E-state index is 0.111. The van der Waals surface area contributed by atoms with Crippen LogP contribution >= 0.6 is 11.3 Å². The number of hydrogen-bond acceptors (Lipinski definition) is 6. The van der Waals surface area contributed by atoms with E-state index >= 15 is 0 Å². The fourth-order valence-electron chi connectivity index (χ4n) is 2.82. The maximum atomic E-state index is 10.2. The Hall–Kier alpha value is -1.24.